The molecule has 0 radical (unpaired) electrons. The van der Waals surface area contributed by atoms with Gasteiger partial charge < -0.3 is 4.74 Å². The lowest BCUT2D eigenvalue weighted by Crippen LogP contribution is -2.38. The largest absolute Gasteiger partial charge is 0.368 e. The predicted molar refractivity (Wildman–Crippen MR) is 94.5 cm³/mol. The first-order chi connectivity index (χ1) is 10.7. The Balaban J connectivity index is 1.66. The molecule has 0 bridgehead atoms. The van der Waals surface area contributed by atoms with Crippen LogP contribution in [0.4, 0.5) is 0 Å². The fraction of sp³-hybridized carbons (Fsp3) is 0.333. The molecular weight excluding hydrogens is 358 g/mol. The molecule has 0 aliphatic carbocycles. The molecule has 116 valence electrons. The first-order valence-corrected chi connectivity index (χ1v) is 10.4. The van der Waals surface area contributed by atoms with Crippen LogP contribution < -0.4 is 9.25 Å². The molecule has 1 saturated heterocycles. The first-order valence-electron chi connectivity index (χ1n) is 6.90. The monoisotopic (exact) mass is 372 g/mol. The van der Waals surface area contributed by atoms with Crippen LogP contribution in [0.15, 0.2) is 34.5 Å². The van der Waals surface area contributed by atoms with Gasteiger partial charge >= 0.3 is 0 Å². The van der Waals surface area contributed by atoms with Crippen molar-refractivity contribution < 1.29 is 9.53 Å². The predicted octanol–water partition coefficient (Wildman–Crippen LogP) is 3.24. The average molecular weight is 373 g/mol. The SMILES string of the molecule is O=C(CSc1cc(=[N+]2CCOCC2)ss1)c1ccccc1Cl. The number of rotatable bonds is 4. The van der Waals surface area contributed by atoms with Crippen molar-refractivity contribution in [2.75, 3.05) is 32.1 Å². The van der Waals surface area contributed by atoms with E-state index in [0.717, 1.165) is 26.3 Å². The van der Waals surface area contributed by atoms with Crippen molar-refractivity contribution >= 4 is 49.8 Å². The van der Waals surface area contributed by atoms with Gasteiger partial charge in [-0.3, -0.25) is 4.79 Å². The van der Waals surface area contributed by atoms with Crippen molar-refractivity contribution in [3.63, 3.8) is 0 Å². The lowest BCUT2D eigenvalue weighted by Gasteiger charge is -2.09. The highest BCUT2D eigenvalue weighted by Crippen LogP contribution is 2.26. The Labute approximate surface area is 145 Å². The van der Waals surface area contributed by atoms with Crippen molar-refractivity contribution in [1.29, 1.82) is 0 Å². The number of halogens is 1. The second kappa shape index (κ2) is 7.75. The molecule has 1 aromatic carbocycles. The molecule has 1 fully saturated rings. The summed E-state index contributed by atoms with van der Waals surface area (Å²) in [5.74, 6) is 0.487. The Hall–Kier alpha value is -0.660. The summed E-state index contributed by atoms with van der Waals surface area (Å²) in [4.78, 5) is 12.2. The molecule has 2 heterocycles. The van der Waals surface area contributed by atoms with Crippen molar-refractivity contribution in [3.8, 4) is 0 Å². The quantitative estimate of drug-likeness (QED) is 0.357. The molecule has 2 aromatic rings. The number of carbonyl (C=O) groups is 1. The van der Waals surface area contributed by atoms with Crippen LogP contribution in [0, 0.1) is 0 Å². The van der Waals surface area contributed by atoms with E-state index in [4.69, 9.17) is 16.3 Å². The van der Waals surface area contributed by atoms with Crippen molar-refractivity contribution in [1.82, 2.24) is 4.58 Å². The van der Waals surface area contributed by atoms with E-state index in [1.807, 2.05) is 12.1 Å². The third-order valence-corrected chi connectivity index (χ3v) is 7.56. The van der Waals surface area contributed by atoms with E-state index in [1.165, 1.54) is 8.88 Å². The molecule has 3 nitrogen and oxygen atoms in total. The zero-order valence-corrected chi connectivity index (χ0v) is 15.0. The van der Waals surface area contributed by atoms with E-state index >= 15 is 0 Å². The number of nitrogens with zero attached hydrogens (tertiary/aromatic N) is 1. The molecule has 0 atom stereocenters. The Morgan fingerprint density at radius 2 is 2.05 bits per heavy atom. The summed E-state index contributed by atoms with van der Waals surface area (Å²) >= 11 is 7.64. The molecule has 1 aliphatic heterocycles. The molecule has 0 amide bonds. The Morgan fingerprint density at radius 1 is 1.27 bits per heavy atom. The highest BCUT2D eigenvalue weighted by Gasteiger charge is 2.15. The number of ether oxygens (including phenoxy) is 1. The molecule has 1 aromatic heterocycles. The number of thioether (sulfide) groups is 1. The summed E-state index contributed by atoms with van der Waals surface area (Å²) in [6, 6.07) is 9.38. The second-order valence-corrected chi connectivity index (χ2v) is 8.63. The molecule has 0 N–H and O–H groups in total. The van der Waals surface area contributed by atoms with Crippen LogP contribution in [0.25, 0.3) is 0 Å². The molecular formula is C15H15ClNO2S3+. The summed E-state index contributed by atoms with van der Waals surface area (Å²) in [5.41, 5.74) is 0.602. The summed E-state index contributed by atoms with van der Waals surface area (Å²) in [6.07, 6.45) is 0. The number of benzene rings is 1. The summed E-state index contributed by atoms with van der Waals surface area (Å²) in [7, 11) is 3.48. The van der Waals surface area contributed by atoms with E-state index in [1.54, 1.807) is 44.6 Å². The van der Waals surface area contributed by atoms with E-state index in [9.17, 15) is 4.79 Å². The van der Waals surface area contributed by atoms with Crippen molar-refractivity contribution in [2.24, 2.45) is 0 Å². The molecule has 22 heavy (non-hydrogen) atoms. The topological polar surface area (TPSA) is 29.3 Å². The average Bonchev–Trinajstić information content (AvgIpc) is 3.03. The fourth-order valence-corrected chi connectivity index (χ4v) is 6.14. The standard InChI is InChI=1S/C15H15ClNO2S3/c16-12-4-2-1-3-11(12)13(18)10-20-15-9-14(21-22-15)17-5-7-19-8-6-17/h1-4,9H,5-8,10H2/q+1. The molecule has 0 saturated carbocycles. The number of hydrogen-bond donors (Lipinski definition) is 0. The summed E-state index contributed by atoms with van der Waals surface area (Å²) in [6.45, 7) is 3.46. The van der Waals surface area contributed by atoms with Gasteiger partial charge in [0.25, 0.3) is 4.67 Å². The van der Waals surface area contributed by atoms with Crippen LogP contribution in [-0.4, -0.2) is 37.8 Å². The molecule has 0 spiro atoms. The van der Waals surface area contributed by atoms with Crippen LogP contribution in [0.2, 0.25) is 5.02 Å². The minimum atomic E-state index is 0.0712. The third-order valence-electron chi connectivity index (χ3n) is 3.29. The van der Waals surface area contributed by atoms with E-state index in [2.05, 4.69) is 10.6 Å². The second-order valence-electron chi connectivity index (χ2n) is 4.76. The zero-order valence-electron chi connectivity index (χ0n) is 11.8. The van der Waals surface area contributed by atoms with E-state index < -0.39 is 0 Å². The van der Waals surface area contributed by atoms with Gasteiger partial charge in [0.2, 0.25) is 0 Å². The lowest BCUT2D eigenvalue weighted by atomic mass is 10.1. The third kappa shape index (κ3) is 4.00. The summed E-state index contributed by atoms with van der Waals surface area (Å²) < 4.78 is 10.1. The Bertz CT molecular complexity index is 730. The summed E-state index contributed by atoms with van der Waals surface area (Å²) in [5, 5.41) is 0.524. The van der Waals surface area contributed by atoms with Gasteiger partial charge in [-0.1, -0.05) is 34.1 Å². The number of morpholine rings is 1. The molecule has 7 heteroatoms. The maximum Gasteiger partial charge on any atom is 0.268 e. The smallest absolute Gasteiger partial charge is 0.268 e. The van der Waals surface area contributed by atoms with Crippen LogP contribution in [-0.2, 0) is 4.74 Å². The maximum absolute atomic E-state index is 12.2. The maximum atomic E-state index is 12.2. The minimum Gasteiger partial charge on any atom is -0.368 e. The van der Waals surface area contributed by atoms with Gasteiger partial charge in [0, 0.05) is 11.6 Å². The lowest BCUT2D eigenvalue weighted by molar-refractivity contribution is 0.0971. The van der Waals surface area contributed by atoms with Crippen LogP contribution in [0.5, 0.6) is 0 Å². The Kier molecular flexibility index (Phi) is 5.71. The van der Waals surface area contributed by atoms with Gasteiger partial charge in [-0.15, -0.1) is 11.8 Å². The molecule has 3 rings (SSSR count). The van der Waals surface area contributed by atoms with Gasteiger partial charge in [0.15, 0.2) is 18.9 Å². The number of hydrogen-bond acceptors (Lipinski definition) is 5. The highest BCUT2D eigenvalue weighted by atomic mass is 35.5. The van der Waals surface area contributed by atoms with Crippen LogP contribution in [0.1, 0.15) is 10.4 Å². The first kappa shape index (κ1) is 16.2. The van der Waals surface area contributed by atoms with Gasteiger partial charge in [-0.05, 0) is 22.5 Å². The van der Waals surface area contributed by atoms with Crippen molar-refractivity contribution in [3.05, 3.63) is 45.6 Å². The van der Waals surface area contributed by atoms with Gasteiger partial charge in [-0.2, -0.15) is 0 Å². The van der Waals surface area contributed by atoms with E-state index in [0.29, 0.717) is 16.3 Å². The molecule has 1 aliphatic rings. The van der Waals surface area contributed by atoms with Crippen molar-refractivity contribution in [2.45, 2.75) is 4.21 Å². The zero-order chi connectivity index (χ0) is 15.4. The van der Waals surface area contributed by atoms with Gasteiger partial charge in [0.05, 0.1) is 15.0 Å². The number of ketones is 1. The number of Topliss-reactive ketones (excluding diaryl/α,β-unsaturated/α-hetero) is 1. The minimum absolute atomic E-state index is 0.0712. The van der Waals surface area contributed by atoms with Gasteiger partial charge in [-0.25, -0.2) is 4.58 Å². The van der Waals surface area contributed by atoms with E-state index in [-0.39, 0.29) is 5.78 Å². The normalized spacial score (nSPS) is 15.0. The fourth-order valence-electron chi connectivity index (χ4n) is 2.13. The van der Waals surface area contributed by atoms with Crippen LogP contribution >= 0.6 is 44.0 Å². The highest BCUT2D eigenvalue weighted by molar-refractivity contribution is 8.03. The number of carbonyl (C=O) groups excluding carboxylic acids is 1. The Morgan fingerprint density at radius 3 is 2.82 bits per heavy atom. The van der Waals surface area contributed by atoms with Gasteiger partial charge in [0.1, 0.15) is 13.2 Å². The van der Waals surface area contributed by atoms with Crippen LogP contribution in [0.3, 0.4) is 0 Å². The molecule has 0 unspecified atom stereocenters.